The van der Waals surface area contributed by atoms with Crippen LogP contribution >= 0.6 is 0 Å². The zero-order chi connectivity index (χ0) is 18.3. The molecule has 1 atom stereocenters. The van der Waals surface area contributed by atoms with Crippen LogP contribution in [-0.4, -0.2) is 52.9 Å². The molecular formula is C19H26F2N4O. The number of carbonyl (C=O) groups excluding carboxylic acids is 1. The molecule has 1 saturated carbocycles. The van der Waals surface area contributed by atoms with Crippen molar-refractivity contribution in [3.05, 3.63) is 17.6 Å². The summed E-state index contributed by atoms with van der Waals surface area (Å²) in [6.07, 6.45) is 3.62. The van der Waals surface area contributed by atoms with Crippen molar-refractivity contribution >= 4 is 11.7 Å². The van der Waals surface area contributed by atoms with Gasteiger partial charge in [0.1, 0.15) is 11.6 Å². The van der Waals surface area contributed by atoms with E-state index in [4.69, 9.17) is 4.98 Å². The number of likely N-dealkylation sites (tertiary alicyclic amines) is 1. The summed E-state index contributed by atoms with van der Waals surface area (Å²) < 4.78 is 26.7. The fraction of sp³-hybridized carbons (Fsp3) is 0.737. The summed E-state index contributed by atoms with van der Waals surface area (Å²) in [5.41, 5.74) is 0.962. The van der Waals surface area contributed by atoms with Gasteiger partial charge in [-0.15, -0.1) is 0 Å². The summed E-state index contributed by atoms with van der Waals surface area (Å²) in [5, 5.41) is 0. The number of carbonyl (C=O) groups is 1. The Morgan fingerprint density at radius 3 is 2.58 bits per heavy atom. The van der Waals surface area contributed by atoms with Crippen LogP contribution in [0.3, 0.4) is 0 Å². The van der Waals surface area contributed by atoms with Gasteiger partial charge in [0.05, 0.1) is 5.92 Å². The molecule has 4 rings (SSSR count). The van der Waals surface area contributed by atoms with Crippen LogP contribution in [0.15, 0.2) is 6.07 Å². The third-order valence-electron chi connectivity index (χ3n) is 5.70. The predicted molar refractivity (Wildman–Crippen MR) is 94.4 cm³/mol. The molecule has 0 bridgehead atoms. The van der Waals surface area contributed by atoms with Gasteiger partial charge in [-0.1, -0.05) is 0 Å². The lowest BCUT2D eigenvalue weighted by Gasteiger charge is -2.38. The molecule has 3 fully saturated rings. The van der Waals surface area contributed by atoms with E-state index >= 15 is 0 Å². The standard InChI is InChI=1S/C19H26F2N4O/c1-13-11-16(23-17(22-13)14-4-5-14)25-8-2-3-15(12-25)18(26)24-9-6-19(20,21)7-10-24/h11,14-15H,2-10,12H2,1H3. The summed E-state index contributed by atoms with van der Waals surface area (Å²) in [4.78, 5) is 25.9. The summed E-state index contributed by atoms with van der Waals surface area (Å²) in [6, 6.07) is 1.99. The van der Waals surface area contributed by atoms with Crippen molar-refractivity contribution in [3.8, 4) is 0 Å². The normalized spacial score (nSPS) is 26.0. The third-order valence-corrected chi connectivity index (χ3v) is 5.70. The van der Waals surface area contributed by atoms with Gasteiger partial charge in [0.25, 0.3) is 5.92 Å². The largest absolute Gasteiger partial charge is 0.356 e. The molecule has 0 spiro atoms. The summed E-state index contributed by atoms with van der Waals surface area (Å²) >= 11 is 0. The van der Waals surface area contributed by atoms with Crippen molar-refractivity contribution in [2.75, 3.05) is 31.1 Å². The maximum absolute atomic E-state index is 13.4. The van der Waals surface area contributed by atoms with Crippen LogP contribution in [0.4, 0.5) is 14.6 Å². The second-order valence-electron chi connectivity index (χ2n) is 7.97. The van der Waals surface area contributed by atoms with Gasteiger partial charge < -0.3 is 9.80 Å². The predicted octanol–water partition coefficient (Wildman–Crippen LogP) is 3.14. The van der Waals surface area contributed by atoms with Crippen LogP contribution in [0, 0.1) is 12.8 Å². The summed E-state index contributed by atoms with van der Waals surface area (Å²) in [5.74, 6) is -0.402. The van der Waals surface area contributed by atoms with Crippen LogP contribution < -0.4 is 4.90 Å². The van der Waals surface area contributed by atoms with Gasteiger partial charge in [0.2, 0.25) is 5.91 Å². The zero-order valence-electron chi connectivity index (χ0n) is 15.3. The molecule has 0 radical (unpaired) electrons. The first-order valence-corrected chi connectivity index (χ1v) is 9.68. The molecule has 0 N–H and O–H groups in total. The smallest absolute Gasteiger partial charge is 0.251 e. The average Bonchev–Trinajstić information content (AvgIpc) is 3.46. The SMILES string of the molecule is Cc1cc(N2CCCC(C(=O)N3CCC(F)(F)CC3)C2)nc(C2CC2)n1. The number of nitrogens with zero attached hydrogens (tertiary/aromatic N) is 4. The van der Waals surface area contributed by atoms with Gasteiger partial charge in [0.15, 0.2) is 0 Å². The summed E-state index contributed by atoms with van der Waals surface area (Å²) in [7, 11) is 0. The number of anilines is 1. The Kier molecular flexibility index (Phi) is 4.57. The van der Waals surface area contributed by atoms with Crippen LogP contribution in [-0.2, 0) is 4.79 Å². The van der Waals surface area contributed by atoms with E-state index in [-0.39, 0.29) is 37.8 Å². The Bertz CT molecular complexity index is 682. The molecule has 7 heteroatoms. The Morgan fingerprint density at radius 1 is 1.15 bits per heavy atom. The number of aromatic nitrogens is 2. The molecule has 1 aromatic rings. The van der Waals surface area contributed by atoms with Crippen LogP contribution in [0.1, 0.15) is 56.0 Å². The molecular weight excluding hydrogens is 338 g/mol. The molecule has 1 aromatic heterocycles. The molecule has 142 valence electrons. The minimum absolute atomic E-state index is 0.0263. The lowest BCUT2D eigenvalue weighted by Crippen LogP contribution is -2.49. The number of amides is 1. The van der Waals surface area contributed by atoms with E-state index < -0.39 is 5.92 Å². The monoisotopic (exact) mass is 364 g/mol. The molecule has 3 heterocycles. The highest BCUT2D eigenvalue weighted by molar-refractivity contribution is 5.80. The fourth-order valence-corrected chi connectivity index (χ4v) is 3.96. The molecule has 1 amide bonds. The number of aryl methyl sites for hydroxylation is 1. The van der Waals surface area contributed by atoms with Crippen molar-refractivity contribution in [1.82, 2.24) is 14.9 Å². The first-order chi connectivity index (χ1) is 12.4. The van der Waals surface area contributed by atoms with Gasteiger partial charge in [0, 0.05) is 56.7 Å². The van der Waals surface area contributed by atoms with E-state index in [1.54, 1.807) is 4.90 Å². The fourth-order valence-electron chi connectivity index (χ4n) is 3.96. The molecule has 3 aliphatic rings. The minimum atomic E-state index is -2.62. The van der Waals surface area contributed by atoms with Gasteiger partial charge in [-0.3, -0.25) is 4.79 Å². The number of alkyl halides is 2. The first-order valence-electron chi connectivity index (χ1n) is 9.68. The second-order valence-corrected chi connectivity index (χ2v) is 7.97. The quantitative estimate of drug-likeness (QED) is 0.827. The minimum Gasteiger partial charge on any atom is -0.356 e. The van der Waals surface area contributed by atoms with Crippen molar-refractivity contribution in [3.63, 3.8) is 0 Å². The Hall–Kier alpha value is -1.79. The molecule has 2 saturated heterocycles. The number of piperidine rings is 2. The second kappa shape index (κ2) is 6.74. The lowest BCUT2D eigenvalue weighted by atomic mass is 9.95. The maximum atomic E-state index is 13.4. The van der Waals surface area contributed by atoms with Crippen molar-refractivity contribution in [2.45, 2.75) is 57.3 Å². The van der Waals surface area contributed by atoms with E-state index in [0.717, 1.165) is 49.6 Å². The number of hydrogen-bond donors (Lipinski definition) is 0. The van der Waals surface area contributed by atoms with E-state index in [1.165, 1.54) is 0 Å². The maximum Gasteiger partial charge on any atom is 0.251 e. The van der Waals surface area contributed by atoms with Gasteiger partial charge in [-0.25, -0.2) is 18.7 Å². The molecule has 2 aliphatic heterocycles. The van der Waals surface area contributed by atoms with Crippen molar-refractivity contribution < 1.29 is 13.6 Å². The third kappa shape index (κ3) is 3.81. The van der Waals surface area contributed by atoms with Crippen molar-refractivity contribution in [2.24, 2.45) is 5.92 Å². The Labute approximate surface area is 152 Å². The van der Waals surface area contributed by atoms with E-state index in [9.17, 15) is 13.6 Å². The molecule has 1 aliphatic carbocycles. The van der Waals surface area contributed by atoms with Crippen LogP contribution in [0.25, 0.3) is 0 Å². The number of rotatable bonds is 3. The van der Waals surface area contributed by atoms with Crippen LogP contribution in [0.2, 0.25) is 0 Å². The molecule has 0 aromatic carbocycles. The van der Waals surface area contributed by atoms with E-state index in [1.807, 2.05) is 13.0 Å². The van der Waals surface area contributed by atoms with E-state index in [2.05, 4.69) is 9.88 Å². The van der Waals surface area contributed by atoms with E-state index in [0.29, 0.717) is 12.5 Å². The first kappa shape index (κ1) is 17.6. The summed E-state index contributed by atoms with van der Waals surface area (Å²) in [6.45, 7) is 3.81. The zero-order valence-corrected chi connectivity index (χ0v) is 15.3. The van der Waals surface area contributed by atoms with Crippen molar-refractivity contribution in [1.29, 1.82) is 0 Å². The van der Waals surface area contributed by atoms with Gasteiger partial charge in [-0.05, 0) is 32.6 Å². The Morgan fingerprint density at radius 2 is 1.88 bits per heavy atom. The molecule has 26 heavy (non-hydrogen) atoms. The highest BCUT2D eigenvalue weighted by Crippen LogP contribution is 2.39. The van der Waals surface area contributed by atoms with Crippen LogP contribution in [0.5, 0.6) is 0 Å². The molecule has 5 nitrogen and oxygen atoms in total. The van der Waals surface area contributed by atoms with Gasteiger partial charge >= 0.3 is 0 Å². The highest BCUT2D eigenvalue weighted by Gasteiger charge is 2.38. The van der Waals surface area contributed by atoms with Gasteiger partial charge in [-0.2, -0.15) is 0 Å². The highest BCUT2D eigenvalue weighted by atomic mass is 19.3. The number of halogens is 2. The topological polar surface area (TPSA) is 49.3 Å². The Balaban J connectivity index is 1.43. The average molecular weight is 364 g/mol. The number of hydrogen-bond acceptors (Lipinski definition) is 4. The lowest BCUT2D eigenvalue weighted by molar-refractivity contribution is -0.141. The molecule has 1 unspecified atom stereocenters.